The van der Waals surface area contributed by atoms with Crippen molar-refractivity contribution in [1.82, 2.24) is 14.0 Å². The SMILES string of the molecule is CCn1cc(C2=C(c3cn(CC#N)c4ccccc34)C(=O)N(CO)C2=O)c2ccccc21. The molecule has 0 radical (unpaired) electrons. The second-order valence-electron chi connectivity index (χ2n) is 7.62. The van der Waals surface area contributed by atoms with E-state index in [0.717, 1.165) is 26.7 Å². The lowest BCUT2D eigenvalue weighted by atomic mass is 9.95. The van der Waals surface area contributed by atoms with Crippen LogP contribution in [0.4, 0.5) is 0 Å². The smallest absolute Gasteiger partial charge is 0.264 e. The van der Waals surface area contributed by atoms with E-state index >= 15 is 0 Å². The monoisotopic (exact) mass is 424 g/mol. The fourth-order valence-electron chi connectivity index (χ4n) is 4.56. The molecule has 5 rings (SSSR count). The standard InChI is InChI=1S/C25H20N4O3/c1-2-27-13-18(16-7-3-5-9-20(16)27)22-23(25(32)29(15-30)24(22)31)19-14-28(12-11-26)21-10-6-4-8-17(19)21/h3-10,13-14,30H,2,12,15H2,1H3. The number of aromatic nitrogens is 2. The zero-order valence-corrected chi connectivity index (χ0v) is 17.4. The predicted molar refractivity (Wildman–Crippen MR) is 121 cm³/mol. The molecule has 3 heterocycles. The van der Waals surface area contributed by atoms with Crippen LogP contribution in [0.2, 0.25) is 0 Å². The highest BCUT2D eigenvalue weighted by Crippen LogP contribution is 2.41. The van der Waals surface area contributed by atoms with E-state index in [1.54, 1.807) is 10.8 Å². The fourth-order valence-corrected chi connectivity index (χ4v) is 4.56. The van der Waals surface area contributed by atoms with Crippen molar-refractivity contribution < 1.29 is 14.7 Å². The molecular weight excluding hydrogens is 404 g/mol. The van der Waals surface area contributed by atoms with Gasteiger partial charge in [-0.05, 0) is 19.1 Å². The van der Waals surface area contributed by atoms with E-state index in [0.29, 0.717) is 17.7 Å². The summed E-state index contributed by atoms with van der Waals surface area (Å²) >= 11 is 0. The Kier molecular flexibility index (Phi) is 4.65. The number of nitrogens with zero attached hydrogens (tertiary/aromatic N) is 4. The second kappa shape index (κ2) is 7.52. The largest absolute Gasteiger partial charge is 0.376 e. The van der Waals surface area contributed by atoms with Crippen molar-refractivity contribution in [3.05, 3.63) is 72.1 Å². The molecular formula is C25H20N4O3. The number of imide groups is 1. The molecule has 0 bridgehead atoms. The lowest BCUT2D eigenvalue weighted by molar-refractivity contribution is -0.139. The highest BCUT2D eigenvalue weighted by atomic mass is 16.3. The molecule has 2 amide bonds. The van der Waals surface area contributed by atoms with Gasteiger partial charge in [-0.3, -0.25) is 14.5 Å². The molecule has 4 aromatic rings. The molecule has 2 aromatic heterocycles. The van der Waals surface area contributed by atoms with Gasteiger partial charge in [0.05, 0.1) is 17.2 Å². The molecule has 0 saturated carbocycles. The maximum atomic E-state index is 13.4. The Morgan fingerprint density at radius 2 is 1.34 bits per heavy atom. The molecule has 1 aliphatic heterocycles. The molecule has 7 nitrogen and oxygen atoms in total. The Balaban J connectivity index is 1.87. The van der Waals surface area contributed by atoms with Gasteiger partial charge in [0.2, 0.25) is 0 Å². The van der Waals surface area contributed by atoms with Gasteiger partial charge in [0.1, 0.15) is 13.3 Å². The number of carbonyl (C=O) groups excluding carboxylic acids is 2. The number of aliphatic hydroxyl groups excluding tert-OH is 1. The van der Waals surface area contributed by atoms with Crippen molar-refractivity contribution in [2.24, 2.45) is 0 Å². The van der Waals surface area contributed by atoms with Gasteiger partial charge in [-0.25, -0.2) is 0 Å². The van der Waals surface area contributed by atoms with Crippen molar-refractivity contribution in [2.45, 2.75) is 20.0 Å². The Labute approximate surface area is 184 Å². The third kappa shape index (κ3) is 2.70. The summed E-state index contributed by atoms with van der Waals surface area (Å²) in [6.07, 6.45) is 3.63. The van der Waals surface area contributed by atoms with Crippen LogP contribution in [0.25, 0.3) is 33.0 Å². The molecule has 0 aliphatic carbocycles. The van der Waals surface area contributed by atoms with E-state index in [2.05, 4.69) is 6.07 Å². The fraction of sp³-hybridized carbons (Fsp3) is 0.160. The summed E-state index contributed by atoms with van der Waals surface area (Å²) in [5.41, 5.74) is 3.52. The average Bonchev–Trinajstić information content (AvgIpc) is 3.43. The van der Waals surface area contributed by atoms with Crippen LogP contribution in [0.15, 0.2) is 60.9 Å². The first kappa shape index (κ1) is 19.8. The highest BCUT2D eigenvalue weighted by Gasteiger charge is 2.41. The topological polar surface area (TPSA) is 91.3 Å². The summed E-state index contributed by atoms with van der Waals surface area (Å²) in [5, 5.41) is 20.7. The maximum Gasteiger partial charge on any atom is 0.264 e. The van der Waals surface area contributed by atoms with E-state index in [1.165, 1.54) is 0 Å². The number of hydrogen-bond donors (Lipinski definition) is 1. The zero-order valence-electron chi connectivity index (χ0n) is 17.4. The van der Waals surface area contributed by atoms with E-state index < -0.39 is 18.5 Å². The number of fused-ring (bicyclic) bond motifs is 2. The van der Waals surface area contributed by atoms with Gasteiger partial charge >= 0.3 is 0 Å². The van der Waals surface area contributed by atoms with E-state index in [1.807, 2.05) is 66.2 Å². The van der Waals surface area contributed by atoms with Gasteiger partial charge in [0, 0.05) is 51.9 Å². The summed E-state index contributed by atoms with van der Waals surface area (Å²) in [5.74, 6) is -1.07. The normalized spacial score (nSPS) is 14.2. The minimum Gasteiger partial charge on any atom is -0.376 e. The average molecular weight is 424 g/mol. The summed E-state index contributed by atoms with van der Waals surface area (Å²) in [4.78, 5) is 27.6. The number of amides is 2. The van der Waals surface area contributed by atoms with Crippen LogP contribution in [0.1, 0.15) is 18.1 Å². The molecule has 0 unspecified atom stereocenters. The first-order valence-corrected chi connectivity index (χ1v) is 10.4. The van der Waals surface area contributed by atoms with Gasteiger partial charge in [-0.2, -0.15) is 5.26 Å². The molecule has 32 heavy (non-hydrogen) atoms. The molecule has 0 saturated heterocycles. The van der Waals surface area contributed by atoms with Crippen LogP contribution >= 0.6 is 0 Å². The number of aryl methyl sites for hydroxylation is 1. The Morgan fingerprint density at radius 1 is 0.844 bits per heavy atom. The summed E-state index contributed by atoms with van der Waals surface area (Å²) in [6.45, 7) is 2.14. The summed E-state index contributed by atoms with van der Waals surface area (Å²) in [7, 11) is 0. The molecule has 1 aliphatic rings. The minimum atomic E-state index is -0.700. The van der Waals surface area contributed by atoms with Crippen molar-refractivity contribution in [2.75, 3.05) is 6.73 Å². The molecule has 1 N–H and O–H groups in total. The number of para-hydroxylation sites is 2. The van der Waals surface area contributed by atoms with Crippen LogP contribution in [0.5, 0.6) is 0 Å². The number of hydrogen-bond acceptors (Lipinski definition) is 4. The van der Waals surface area contributed by atoms with Crippen LogP contribution in [-0.4, -0.2) is 37.7 Å². The van der Waals surface area contributed by atoms with Crippen LogP contribution in [0, 0.1) is 11.3 Å². The Hall–Kier alpha value is -4.15. The Bertz CT molecular complexity index is 1480. The third-order valence-corrected chi connectivity index (χ3v) is 6.01. The summed E-state index contributed by atoms with van der Waals surface area (Å²) in [6, 6.07) is 17.4. The summed E-state index contributed by atoms with van der Waals surface area (Å²) < 4.78 is 3.80. The van der Waals surface area contributed by atoms with Gasteiger partial charge < -0.3 is 14.2 Å². The first-order valence-electron chi connectivity index (χ1n) is 10.4. The quantitative estimate of drug-likeness (QED) is 0.497. The number of aliphatic hydroxyl groups is 1. The van der Waals surface area contributed by atoms with Gasteiger partial charge in [0.15, 0.2) is 0 Å². The molecule has 0 atom stereocenters. The Morgan fingerprint density at radius 3 is 1.84 bits per heavy atom. The molecule has 0 fully saturated rings. The van der Waals surface area contributed by atoms with E-state index in [9.17, 15) is 20.0 Å². The molecule has 0 spiro atoms. The lowest BCUT2D eigenvalue weighted by Crippen LogP contribution is -2.32. The second-order valence-corrected chi connectivity index (χ2v) is 7.62. The third-order valence-electron chi connectivity index (χ3n) is 6.01. The highest BCUT2D eigenvalue weighted by molar-refractivity contribution is 6.50. The minimum absolute atomic E-state index is 0.115. The van der Waals surface area contributed by atoms with Crippen molar-refractivity contribution in [3.63, 3.8) is 0 Å². The van der Waals surface area contributed by atoms with Crippen molar-refractivity contribution >= 4 is 44.8 Å². The van der Waals surface area contributed by atoms with Crippen molar-refractivity contribution in [3.8, 4) is 6.07 Å². The first-order chi connectivity index (χ1) is 15.6. The number of benzene rings is 2. The number of rotatable bonds is 5. The van der Waals surface area contributed by atoms with E-state index in [4.69, 9.17) is 0 Å². The number of carbonyl (C=O) groups is 2. The van der Waals surface area contributed by atoms with Crippen LogP contribution in [0.3, 0.4) is 0 Å². The van der Waals surface area contributed by atoms with Crippen molar-refractivity contribution in [1.29, 1.82) is 5.26 Å². The molecule has 2 aromatic carbocycles. The lowest BCUT2D eigenvalue weighted by Gasteiger charge is -2.10. The van der Waals surface area contributed by atoms with E-state index in [-0.39, 0.29) is 17.7 Å². The number of nitriles is 1. The predicted octanol–water partition coefficient (Wildman–Crippen LogP) is 3.37. The van der Waals surface area contributed by atoms with Crippen LogP contribution < -0.4 is 0 Å². The van der Waals surface area contributed by atoms with Crippen LogP contribution in [-0.2, 0) is 22.7 Å². The molecule has 158 valence electrons. The zero-order chi connectivity index (χ0) is 22.4. The molecule has 7 heteroatoms. The van der Waals surface area contributed by atoms with Gasteiger partial charge in [0.25, 0.3) is 11.8 Å². The van der Waals surface area contributed by atoms with Gasteiger partial charge in [-0.1, -0.05) is 36.4 Å². The van der Waals surface area contributed by atoms with Gasteiger partial charge in [-0.15, -0.1) is 0 Å². The maximum absolute atomic E-state index is 13.4.